The molecule has 4 aliphatic carbocycles. The van der Waals surface area contributed by atoms with Crippen LogP contribution in [-0.4, -0.2) is 10.7 Å². The van der Waals surface area contributed by atoms with Crippen molar-refractivity contribution < 1.29 is 5.11 Å². The molecule has 7 atom stereocenters. The Morgan fingerprint density at radius 2 is 1.73 bits per heavy atom. The minimum Gasteiger partial charge on any atom is -0.390 e. The van der Waals surface area contributed by atoms with E-state index in [0.29, 0.717) is 10.8 Å². The fourth-order valence-corrected chi connectivity index (χ4v) is 7.94. The molecule has 4 fully saturated rings. The molecule has 0 saturated heterocycles. The lowest BCUT2D eigenvalue weighted by molar-refractivity contribution is -0.152. The number of fused-ring (bicyclic) bond motifs is 5. The molecule has 0 aliphatic heterocycles. The monoisotopic (exact) mass is 304 g/mol. The van der Waals surface area contributed by atoms with Crippen LogP contribution in [0.5, 0.6) is 0 Å². The third-order valence-electron chi connectivity index (χ3n) is 9.09. The van der Waals surface area contributed by atoms with Gasteiger partial charge in [-0.15, -0.1) is 0 Å². The van der Waals surface area contributed by atoms with Crippen molar-refractivity contribution in [2.45, 2.75) is 97.0 Å². The highest BCUT2D eigenvalue weighted by atomic mass is 16.3. The fourth-order valence-electron chi connectivity index (χ4n) is 7.94. The molecule has 22 heavy (non-hydrogen) atoms. The van der Waals surface area contributed by atoms with E-state index in [2.05, 4.69) is 20.8 Å². The van der Waals surface area contributed by atoms with Gasteiger partial charge in [-0.2, -0.15) is 0 Å². The molecule has 0 amide bonds. The van der Waals surface area contributed by atoms with E-state index < -0.39 is 0 Å². The van der Waals surface area contributed by atoms with Gasteiger partial charge < -0.3 is 5.11 Å². The van der Waals surface area contributed by atoms with Crippen LogP contribution in [0.3, 0.4) is 0 Å². The van der Waals surface area contributed by atoms with Crippen molar-refractivity contribution in [3.63, 3.8) is 0 Å². The van der Waals surface area contributed by atoms with Crippen LogP contribution < -0.4 is 0 Å². The Morgan fingerprint density at radius 3 is 2.50 bits per heavy atom. The molecular weight excluding hydrogens is 268 g/mol. The lowest BCUT2D eigenvalue weighted by Gasteiger charge is -2.62. The smallest absolute Gasteiger partial charge is 0.0622 e. The predicted octanol–water partition coefficient (Wildman–Crippen LogP) is 5.56. The molecule has 1 nitrogen and oxygen atoms in total. The van der Waals surface area contributed by atoms with E-state index in [0.717, 1.165) is 36.5 Å². The number of rotatable bonds is 1. The van der Waals surface area contributed by atoms with Gasteiger partial charge in [-0.1, -0.05) is 20.3 Å². The molecule has 126 valence electrons. The van der Waals surface area contributed by atoms with Crippen molar-refractivity contribution in [3.05, 3.63) is 0 Å². The molecular formula is C21H36O. The Kier molecular flexibility index (Phi) is 3.50. The highest BCUT2D eigenvalue weighted by Crippen LogP contribution is 2.67. The molecule has 0 aromatic carbocycles. The molecule has 0 spiro atoms. The number of aliphatic hydroxyl groups is 1. The molecule has 0 radical (unpaired) electrons. The van der Waals surface area contributed by atoms with Crippen molar-refractivity contribution in [2.75, 3.05) is 0 Å². The summed E-state index contributed by atoms with van der Waals surface area (Å²) < 4.78 is 0. The van der Waals surface area contributed by atoms with Crippen molar-refractivity contribution in [1.29, 1.82) is 0 Å². The zero-order valence-corrected chi connectivity index (χ0v) is 15.0. The van der Waals surface area contributed by atoms with E-state index >= 15 is 0 Å². The molecule has 1 N–H and O–H groups in total. The lowest BCUT2D eigenvalue weighted by atomic mass is 9.43. The van der Waals surface area contributed by atoms with Gasteiger partial charge >= 0.3 is 0 Å². The Balaban J connectivity index is 1.65. The number of hydrogen-bond acceptors (Lipinski definition) is 1. The largest absolute Gasteiger partial charge is 0.390 e. The Morgan fingerprint density at radius 1 is 0.909 bits per heavy atom. The van der Waals surface area contributed by atoms with Crippen molar-refractivity contribution in [2.24, 2.45) is 34.5 Å². The van der Waals surface area contributed by atoms with Crippen LogP contribution in [0, 0.1) is 34.5 Å². The summed E-state index contributed by atoms with van der Waals surface area (Å²) in [5, 5.41) is 10.6. The molecule has 1 heteroatoms. The van der Waals surface area contributed by atoms with Crippen molar-refractivity contribution >= 4 is 0 Å². The molecule has 4 aliphatic rings. The minimum absolute atomic E-state index is 0.382. The van der Waals surface area contributed by atoms with E-state index in [1.165, 1.54) is 57.8 Å². The summed E-state index contributed by atoms with van der Waals surface area (Å²) >= 11 is 0. The second kappa shape index (κ2) is 4.98. The van der Waals surface area contributed by atoms with Crippen molar-refractivity contribution in [3.8, 4) is 0 Å². The van der Waals surface area contributed by atoms with E-state index in [4.69, 9.17) is 0 Å². The Hall–Kier alpha value is -0.0400. The topological polar surface area (TPSA) is 20.2 Å². The quantitative estimate of drug-likeness (QED) is 0.672. The van der Waals surface area contributed by atoms with Gasteiger partial charge in [-0.3, -0.25) is 0 Å². The van der Waals surface area contributed by atoms with E-state index in [1.807, 2.05) is 0 Å². The summed E-state index contributed by atoms with van der Waals surface area (Å²) in [5.74, 6) is 3.82. The first-order valence-corrected chi connectivity index (χ1v) is 10.1. The summed E-state index contributed by atoms with van der Waals surface area (Å²) in [5.41, 5.74) is 0.880. The van der Waals surface area contributed by atoms with Gasteiger partial charge in [-0.25, -0.2) is 0 Å². The summed E-state index contributed by atoms with van der Waals surface area (Å²) in [6, 6.07) is 0. The van der Waals surface area contributed by atoms with Crippen LogP contribution in [-0.2, 0) is 0 Å². The molecule has 0 bridgehead atoms. The summed E-state index contributed by atoms with van der Waals surface area (Å²) in [6.45, 7) is 7.16. The van der Waals surface area contributed by atoms with Crippen LogP contribution in [0.25, 0.3) is 0 Å². The van der Waals surface area contributed by atoms with Crippen LogP contribution in [0.15, 0.2) is 0 Å². The van der Waals surface area contributed by atoms with Crippen molar-refractivity contribution in [1.82, 2.24) is 0 Å². The Labute approximate surface area is 137 Å². The highest BCUT2D eigenvalue weighted by molar-refractivity contribution is 5.09. The normalized spacial score (nSPS) is 57.8. The van der Waals surface area contributed by atoms with E-state index in [-0.39, 0.29) is 5.60 Å². The molecule has 0 unspecified atom stereocenters. The van der Waals surface area contributed by atoms with Crippen LogP contribution in [0.2, 0.25) is 0 Å². The summed E-state index contributed by atoms with van der Waals surface area (Å²) in [4.78, 5) is 0. The van der Waals surface area contributed by atoms with Crippen LogP contribution >= 0.6 is 0 Å². The van der Waals surface area contributed by atoms with Gasteiger partial charge in [0.25, 0.3) is 0 Å². The summed E-state index contributed by atoms with van der Waals surface area (Å²) in [6.07, 6.45) is 15.1. The lowest BCUT2D eigenvalue weighted by Crippen LogP contribution is -2.55. The van der Waals surface area contributed by atoms with E-state index in [9.17, 15) is 5.11 Å². The van der Waals surface area contributed by atoms with Gasteiger partial charge in [0.2, 0.25) is 0 Å². The zero-order chi connectivity index (χ0) is 15.6. The second-order valence-electron chi connectivity index (χ2n) is 10.0. The third kappa shape index (κ3) is 2.06. The molecule has 0 heterocycles. The first kappa shape index (κ1) is 15.5. The van der Waals surface area contributed by atoms with E-state index in [1.54, 1.807) is 0 Å². The standard InChI is InChI=1S/C21H36O/c1-4-21-13-12-20(3,22)14-15(21)7-8-16-17-6-5-10-19(17,2)11-9-18(16)21/h15-18,22H,4-14H2,1-3H3/t15-,16+,17+,18+,19+,20-,21+/m1/s1. The average molecular weight is 305 g/mol. The maximum Gasteiger partial charge on any atom is 0.0622 e. The number of hydrogen-bond donors (Lipinski definition) is 1. The van der Waals surface area contributed by atoms with Crippen LogP contribution in [0.4, 0.5) is 0 Å². The van der Waals surface area contributed by atoms with Gasteiger partial charge in [0, 0.05) is 0 Å². The van der Waals surface area contributed by atoms with Gasteiger partial charge in [0.1, 0.15) is 0 Å². The molecule has 4 saturated carbocycles. The fraction of sp³-hybridized carbons (Fsp3) is 1.00. The zero-order valence-electron chi connectivity index (χ0n) is 15.0. The maximum absolute atomic E-state index is 10.6. The van der Waals surface area contributed by atoms with Crippen LogP contribution in [0.1, 0.15) is 91.4 Å². The molecule has 4 rings (SSSR count). The molecule has 0 aromatic rings. The average Bonchev–Trinajstić information content (AvgIpc) is 2.88. The minimum atomic E-state index is -0.382. The van der Waals surface area contributed by atoms with Gasteiger partial charge in [0.15, 0.2) is 0 Å². The molecule has 0 aromatic heterocycles. The summed E-state index contributed by atoms with van der Waals surface area (Å²) in [7, 11) is 0. The third-order valence-corrected chi connectivity index (χ3v) is 9.09. The maximum atomic E-state index is 10.6. The Bertz CT molecular complexity index is 441. The second-order valence-corrected chi connectivity index (χ2v) is 10.0. The first-order chi connectivity index (χ1) is 10.4. The first-order valence-electron chi connectivity index (χ1n) is 10.1. The highest BCUT2D eigenvalue weighted by Gasteiger charge is 2.59. The predicted molar refractivity (Wildman–Crippen MR) is 91.6 cm³/mol. The van der Waals surface area contributed by atoms with Gasteiger partial charge in [0.05, 0.1) is 5.60 Å². The SMILES string of the molecule is CC[C@]12CC[C@@](C)(O)C[C@H]1CC[C@H]1[C@@H]3CCC[C@@]3(C)CC[C@@H]12. The van der Waals surface area contributed by atoms with Gasteiger partial charge in [-0.05, 0) is 106 Å².